The van der Waals surface area contributed by atoms with Gasteiger partial charge in [-0.05, 0) is 37.1 Å². The number of aromatic nitrogens is 2. The molecular formula is C24H27N5O2. The Kier molecular flexibility index (Phi) is 6.43. The highest BCUT2D eigenvalue weighted by atomic mass is 16.5. The summed E-state index contributed by atoms with van der Waals surface area (Å²) in [6.07, 6.45) is 2.62. The molecule has 4 rings (SSSR count). The summed E-state index contributed by atoms with van der Waals surface area (Å²) in [5.41, 5.74) is 9.03. The molecule has 1 aromatic heterocycles. The van der Waals surface area contributed by atoms with Gasteiger partial charge in [-0.2, -0.15) is 0 Å². The molecule has 31 heavy (non-hydrogen) atoms. The van der Waals surface area contributed by atoms with Crippen molar-refractivity contribution in [1.82, 2.24) is 15.3 Å². The molecule has 3 aromatic rings. The average molecular weight is 418 g/mol. The molecule has 1 amide bonds. The molecule has 1 aliphatic rings. The fraction of sp³-hybridized carbons (Fsp3) is 0.292. The maximum Gasteiger partial charge on any atom is 0.251 e. The van der Waals surface area contributed by atoms with E-state index < -0.39 is 0 Å². The SMILES string of the molecule is Cc1ccc(C(=O)NC2CCN(c3nccc(-c4ccccc4)n3)C2)cc1OCCN. The van der Waals surface area contributed by atoms with Crippen LogP contribution in [-0.4, -0.2) is 48.2 Å². The van der Waals surface area contributed by atoms with Gasteiger partial charge < -0.3 is 20.7 Å². The Hall–Kier alpha value is -3.45. The topological polar surface area (TPSA) is 93.4 Å². The number of hydrogen-bond acceptors (Lipinski definition) is 6. The van der Waals surface area contributed by atoms with Gasteiger partial charge in [-0.3, -0.25) is 4.79 Å². The van der Waals surface area contributed by atoms with Gasteiger partial charge in [0.1, 0.15) is 12.4 Å². The fourth-order valence-corrected chi connectivity index (χ4v) is 3.66. The lowest BCUT2D eigenvalue weighted by Crippen LogP contribution is -2.37. The minimum Gasteiger partial charge on any atom is -0.492 e. The van der Waals surface area contributed by atoms with E-state index in [4.69, 9.17) is 15.5 Å². The predicted octanol–water partition coefficient (Wildman–Crippen LogP) is 2.80. The zero-order valence-electron chi connectivity index (χ0n) is 17.6. The first kappa shape index (κ1) is 20.8. The number of anilines is 1. The van der Waals surface area contributed by atoms with Crippen LogP contribution in [0, 0.1) is 6.92 Å². The summed E-state index contributed by atoms with van der Waals surface area (Å²) < 4.78 is 5.64. The van der Waals surface area contributed by atoms with Crippen molar-refractivity contribution >= 4 is 11.9 Å². The summed E-state index contributed by atoms with van der Waals surface area (Å²) in [5.74, 6) is 1.27. The molecule has 0 aliphatic carbocycles. The van der Waals surface area contributed by atoms with Crippen molar-refractivity contribution in [3.63, 3.8) is 0 Å². The highest BCUT2D eigenvalue weighted by Crippen LogP contribution is 2.22. The first-order valence-electron chi connectivity index (χ1n) is 10.5. The highest BCUT2D eigenvalue weighted by Gasteiger charge is 2.26. The lowest BCUT2D eigenvalue weighted by atomic mass is 10.1. The van der Waals surface area contributed by atoms with E-state index in [9.17, 15) is 4.79 Å². The number of nitrogens with zero attached hydrogens (tertiary/aromatic N) is 3. The maximum absolute atomic E-state index is 12.8. The molecular weight excluding hydrogens is 390 g/mol. The summed E-state index contributed by atoms with van der Waals surface area (Å²) in [5, 5.41) is 3.13. The number of carbonyl (C=O) groups excluding carboxylic acids is 1. The third kappa shape index (κ3) is 5.00. The number of amides is 1. The van der Waals surface area contributed by atoms with Crippen molar-refractivity contribution in [2.75, 3.05) is 31.1 Å². The molecule has 2 heterocycles. The normalized spacial score (nSPS) is 15.7. The van der Waals surface area contributed by atoms with Gasteiger partial charge in [-0.25, -0.2) is 9.97 Å². The molecule has 1 fully saturated rings. The molecule has 3 N–H and O–H groups in total. The molecule has 0 spiro atoms. The number of hydrogen-bond donors (Lipinski definition) is 2. The van der Waals surface area contributed by atoms with Gasteiger partial charge in [-0.15, -0.1) is 0 Å². The highest BCUT2D eigenvalue weighted by molar-refractivity contribution is 5.95. The number of rotatable bonds is 7. The van der Waals surface area contributed by atoms with Crippen molar-refractivity contribution in [2.24, 2.45) is 5.73 Å². The number of ether oxygens (including phenoxy) is 1. The Labute approximate surface area is 182 Å². The van der Waals surface area contributed by atoms with Crippen LogP contribution in [0.1, 0.15) is 22.3 Å². The van der Waals surface area contributed by atoms with Crippen LogP contribution in [0.2, 0.25) is 0 Å². The van der Waals surface area contributed by atoms with E-state index in [1.54, 1.807) is 12.3 Å². The van der Waals surface area contributed by atoms with Crippen LogP contribution in [-0.2, 0) is 0 Å². The van der Waals surface area contributed by atoms with Crippen LogP contribution >= 0.6 is 0 Å². The molecule has 7 heteroatoms. The number of nitrogens with two attached hydrogens (primary N) is 1. The van der Waals surface area contributed by atoms with Crippen molar-refractivity contribution in [2.45, 2.75) is 19.4 Å². The van der Waals surface area contributed by atoms with E-state index in [0.29, 0.717) is 37.0 Å². The zero-order chi connectivity index (χ0) is 21.6. The largest absolute Gasteiger partial charge is 0.492 e. The van der Waals surface area contributed by atoms with E-state index in [2.05, 4.69) is 15.2 Å². The average Bonchev–Trinajstić information content (AvgIpc) is 3.27. The second kappa shape index (κ2) is 9.57. The fourth-order valence-electron chi connectivity index (χ4n) is 3.66. The third-order valence-electron chi connectivity index (χ3n) is 5.34. The minimum atomic E-state index is -0.108. The van der Waals surface area contributed by atoms with Crippen LogP contribution in [0.5, 0.6) is 5.75 Å². The number of benzene rings is 2. The van der Waals surface area contributed by atoms with E-state index in [1.807, 2.05) is 55.5 Å². The molecule has 160 valence electrons. The molecule has 1 unspecified atom stereocenters. The smallest absolute Gasteiger partial charge is 0.251 e. The van der Waals surface area contributed by atoms with E-state index >= 15 is 0 Å². The molecule has 0 saturated carbocycles. The van der Waals surface area contributed by atoms with Gasteiger partial charge >= 0.3 is 0 Å². The molecule has 1 atom stereocenters. The summed E-state index contributed by atoms with van der Waals surface area (Å²) in [7, 11) is 0. The Morgan fingerprint density at radius 2 is 2.06 bits per heavy atom. The summed E-state index contributed by atoms with van der Waals surface area (Å²) in [4.78, 5) is 24.1. The lowest BCUT2D eigenvalue weighted by Gasteiger charge is -2.18. The summed E-state index contributed by atoms with van der Waals surface area (Å²) >= 11 is 0. The second-order valence-corrected chi connectivity index (χ2v) is 7.63. The van der Waals surface area contributed by atoms with Crippen molar-refractivity contribution in [3.05, 3.63) is 71.9 Å². The molecule has 1 saturated heterocycles. The molecule has 0 bridgehead atoms. The van der Waals surface area contributed by atoms with Crippen LogP contribution in [0.4, 0.5) is 5.95 Å². The molecule has 1 aliphatic heterocycles. The van der Waals surface area contributed by atoms with Gasteiger partial charge in [0.25, 0.3) is 5.91 Å². The van der Waals surface area contributed by atoms with Gasteiger partial charge in [0, 0.05) is 43.0 Å². The van der Waals surface area contributed by atoms with Crippen LogP contribution in [0.15, 0.2) is 60.8 Å². The van der Waals surface area contributed by atoms with Gasteiger partial charge in [0.05, 0.1) is 5.69 Å². The summed E-state index contributed by atoms with van der Waals surface area (Å²) in [6.45, 7) is 4.27. The second-order valence-electron chi connectivity index (χ2n) is 7.63. The van der Waals surface area contributed by atoms with Gasteiger partial charge in [0.2, 0.25) is 5.95 Å². The quantitative estimate of drug-likeness (QED) is 0.614. The number of carbonyl (C=O) groups is 1. The molecule has 0 radical (unpaired) electrons. The predicted molar refractivity (Wildman–Crippen MR) is 121 cm³/mol. The van der Waals surface area contributed by atoms with E-state index in [-0.39, 0.29) is 11.9 Å². The van der Waals surface area contributed by atoms with E-state index in [1.165, 1.54) is 0 Å². The van der Waals surface area contributed by atoms with Crippen LogP contribution in [0.3, 0.4) is 0 Å². The van der Waals surface area contributed by atoms with Crippen molar-refractivity contribution in [1.29, 1.82) is 0 Å². The third-order valence-corrected chi connectivity index (χ3v) is 5.34. The molecule has 7 nitrogen and oxygen atoms in total. The standard InChI is InChI=1S/C24H27N5O2/c1-17-7-8-19(15-22(17)31-14-11-25)23(30)27-20-10-13-29(16-20)24-26-12-9-21(28-24)18-5-3-2-4-6-18/h2-9,12,15,20H,10-11,13-14,16,25H2,1H3,(H,27,30). The van der Waals surface area contributed by atoms with Crippen molar-refractivity contribution in [3.8, 4) is 17.0 Å². The lowest BCUT2D eigenvalue weighted by molar-refractivity contribution is 0.0940. The minimum absolute atomic E-state index is 0.0335. The number of nitrogens with one attached hydrogen (secondary N) is 1. The Balaban J connectivity index is 1.40. The van der Waals surface area contributed by atoms with Crippen LogP contribution < -0.4 is 20.7 Å². The first-order chi connectivity index (χ1) is 15.1. The zero-order valence-corrected chi connectivity index (χ0v) is 17.6. The van der Waals surface area contributed by atoms with Crippen molar-refractivity contribution < 1.29 is 9.53 Å². The Morgan fingerprint density at radius 3 is 2.87 bits per heavy atom. The number of aryl methyl sites for hydroxylation is 1. The van der Waals surface area contributed by atoms with E-state index in [0.717, 1.165) is 29.8 Å². The monoisotopic (exact) mass is 417 g/mol. The maximum atomic E-state index is 12.8. The Bertz CT molecular complexity index is 1040. The van der Waals surface area contributed by atoms with Crippen LogP contribution in [0.25, 0.3) is 11.3 Å². The first-order valence-corrected chi connectivity index (χ1v) is 10.5. The Morgan fingerprint density at radius 1 is 1.23 bits per heavy atom. The van der Waals surface area contributed by atoms with Gasteiger partial charge in [0.15, 0.2) is 0 Å². The molecule has 2 aromatic carbocycles. The summed E-state index contributed by atoms with van der Waals surface area (Å²) in [6, 6.07) is 17.5. The van der Waals surface area contributed by atoms with Gasteiger partial charge in [-0.1, -0.05) is 36.4 Å².